The molecular formula is C14H9BrClN2OTl. The van der Waals surface area contributed by atoms with E-state index in [0.29, 0.717) is 26.1 Å². The van der Waals surface area contributed by atoms with E-state index in [2.05, 4.69) is 24.4 Å². The van der Waals surface area contributed by atoms with E-state index < -0.39 is 0 Å². The van der Waals surface area contributed by atoms with Crippen molar-refractivity contribution in [1.29, 1.82) is 0 Å². The average Bonchev–Trinajstić information content (AvgIpc) is 2.66. The molecule has 0 aliphatic rings. The van der Waals surface area contributed by atoms with E-state index in [1.54, 1.807) is 0 Å². The van der Waals surface area contributed by atoms with Gasteiger partial charge in [-0.3, -0.25) is 0 Å². The summed E-state index contributed by atoms with van der Waals surface area (Å²) in [6.07, 6.45) is 0.231. The molecule has 0 aliphatic carbocycles. The second kappa shape index (κ2) is 5.31. The summed E-state index contributed by atoms with van der Waals surface area (Å²) in [7, 11) is 0. The molecule has 0 fully saturated rings. The third kappa shape index (κ3) is 2.27. The summed E-state index contributed by atoms with van der Waals surface area (Å²) in [6.45, 7) is 0. The molecule has 3 nitrogen and oxygen atoms in total. The van der Waals surface area contributed by atoms with E-state index in [0.717, 1.165) is 36.9 Å². The van der Waals surface area contributed by atoms with Crippen molar-refractivity contribution in [1.82, 2.24) is 2.38 Å². The van der Waals surface area contributed by atoms with Gasteiger partial charge in [-0.2, -0.15) is 0 Å². The zero-order valence-corrected chi connectivity index (χ0v) is 17.2. The first-order valence-electron chi connectivity index (χ1n) is 5.93. The Hall–Kier alpha value is -0.598. The van der Waals surface area contributed by atoms with E-state index in [4.69, 9.17) is 17.3 Å². The van der Waals surface area contributed by atoms with Crippen LogP contribution in [0.15, 0.2) is 34.8 Å². The minimum absolute atomic E-state index is 0.231. The zero-order chi connectivity index (χ0) is 14.4. The number of aromatic nitrogens is 1. The van der Waals surface area contributed by atoms with Crippen LogP contribution in [-0.2, 0) is 11.2 Å². The summed E-state index contributed by atoms with van der Waals surface area (Å²) in [5.41, 5.74) is 8.56. The van der Waals surface area contributed by atoms with Crippen molar-refractivity contribution in [3.05, 3.63) is 45.4 Å². The summed E-state index contributed by atoms with van der Waals surface area (Å²) >= 11 is 10.2. The Kier molecular flexibility index (Phi) is 3.81. The third-order valence-electron chi connectivity index (χ3n) is 3.33. The van der Waals surface area contributed by atoms with Gasteiger partial charge in [-0.1, -0.05) is 0 Å². The number of fused-ring (bicyclic) bond motifs is 3. The van der Waals surface area contributed by atoms with E-state index in [9.17, 15) is 4.79 Å². The predicted molar refractivity (Wildman–Crippen MR) is 86.2 cm³/mol. The Morgan fingerprint density at radius 3 is 2.75 bits per heavy atom. The standard InChI is InChI=1S/C14H9BrClN2O.Tl/c15-11-3-2-8-9-5-7(16)1-4-12(9)18-14(8)10(11)6-13(17)19;/h1-5H,6H2,(H2,17,19);/q-1;+1. The van der Waals surface area contributed by atoms with Gasteiger partial charge in [0, 0.05) is 0 Å². The molecule has 0 unspecified atom stereocenters. The number of carbonyl (C=O) groups excluding carboxylic acids is 1. The van der Waals surface area contributed by atoms with Crippen molar-refractivity contribution >= 4 is 81.3 Å². The molecule has 20 heavy (non-hydrogen) atoms. The van der Waals surface area contributed by atoms with Crippen LogP contribution in [0.25, 0.3) is 21.8 Å². The Morgan fingerprint density at radius 2 is 2.05 bits per heavy atom. The van der Waals surface area contributed by atoms with Crippen LogP contribution in [0.1, 0.15) is 5.56 Å². The van der Waals surface area contributed by atoms with E-state index in [-0.39, 0.29) is 12.3 Å². The Bertz CT molecular complexity index is 859. The van der Waals surface area contributed by atoms with Gasteiger partial charge in [-0.15, -0.1) is 0 Å². The van der Waals surface area contributed by atoms with Crippen molar-refractivity contribution in [2.45, 2.75) is 6.42 Å². The van der Waals surface area contributed by atoms with Gasteiger partial charge >= 0.3 is 146 Å². The van der Waals surface area contributed by atoms with Crippen molar-refractivity contribution in [3.63, 3.8) is 0 Å². The van der Waals surface area contributed by atoms with E-state index in [1.165, 1.54) is 0 Å². The van der Waals surface area contributed by atoms with Gasteiger partial charge in [0.2, 0.25) is 0 Å². The second-order valence-electron chi connectivity index (χ2n) is 4.60. The normalized spacial score (nSPS) is 11.2. The fraction of sp³-hybridized carbons (Fsp3) is 0.0714. The van der Waals surface area contributed by atoms with Crippen molar-refractivity contribution in [3.8, 4) is 0 Å². The van der Waals surface area contributed by atoms with Crippen molar-refractivity contribution in [2.75, 3.05) is 0 Å². The molecule has 1 heterocycles. The van der Waals surface area contributed by atoms with Crippen LogP contribution in [0.3, 0.4) is 0 Å². The SMILES string of the molecule is NC(=O)Cc1c(Br)ccc2c3cc(Cl)ccc3[n]([Tl])c12. The molecule has 1 aromatic heterocycles. The van der Waals surface area contributed by atoms with Crippen LogP contribution in [0.5, 0.6) is 0 Å². The molecule has 6 heteroatoms. The van der Waals surface area contributed by atoms with Gasteiger partial charge in [0.25, 0.3) is 0 Å². The molecule has 0 radical (unpaired) electrons. The first-order chi connectivity index (χ1) is 9.49. The summed E-state index contributed by atoms with van der Waals surface area (Å²) < 4.78 is 3.16. The number of carbonyl (C=O) groups is 1. The number of nitrogens with zero attached hydrogens (tertiary/aromatic N) is 1. The molecule has 0 saturated carbocycles. The summed E-state index contributed by atoms with van der Waals surface area (Å²) in [6, 6.07) is 9.91. The number of amides is 1. The molecule has 0 aliphatic heterocycles. The molecule has 2 aromatic carbocycles. The molecule has 2 N–H and O–H groups in total. The second-order valence-corrected chi connectivity index (χ2v) is 7.89. The van der Waals surface area contributed by atoms with Gasteiger partial charge in [0.1, 0.15) is 0 Å². The van der Waals surface area contributed by atoms with Gasteiger partial charge in [0.15, 0.2) is 0 Å². The Balaban J connectivity index is 2.48. The minimum atomic E-state index is -0.327. The molecule has 98 valence electrons. The van der Waals surface area contributed by atoms with Crippen LogP contribution in [-0.4, -0.2) is 34.3 Å². The molecule has 3 rings (SSSR count). The van der Waals surface area contributed by atoms with Crippen LogP contribution in [0.2, 0.25) is 5.02 Å². The predicted octanol–water partition coefficient (Wildman–Crippen LogP) is 3.17. The first-order valence-corrected chi connectivity index (χ1v) is 9.11. The number of hydrogen-bond donors (Lipinski definition) is 1. The summed E-state index contributed by atoms with van der Waals surface area (Å²) in [5.74, 6) is -0.327. The van der Waals surface area contributed by atoms with Crippen LogP contribution >= 0.6 is 27.5 Å². The number of hydrogen-bond acceptors (Lipinski definition) is 1. The molecule has 3 aromatic rings. The number of primary amides is 1. The van der Waals surface area contributed by atoms with Crippen LogP contribution in [0, 0.1) is 0 Å². The molecule has 1 amide bonds. The quantitative estimate of drug-likeness (QED) is 0.499. The molecular weight excluding hydrogens is 532 g/mol. The first kappa shape index (κ1) is 14.3. The summed E-state index contributed by atoms with van der Waals surface area (Å²) in [5, 5.41) is 2.95. The topological polar surface area (TPSA) is 48.0 Å². The van der Waals surface area contributed by atoms with Crippen LogP contribution < -0.4 is 5.73 Å². The number of rotatable bonds is 2. The van der Waals surface area contributed by atoms with Crippen molar-refractivity contribution in [2.24, 2.45) is 5.73 Å². The third-order valence-corrected chi connectivity index (χ3v) is 6.39. The van der Waals surface area contributed by atoms with Gasteiger partial charge < -0.3 is 0 Å². The molecule has 0 atom stereocenters. The molecule has 0 bridgehead atoms. The van der Waals surface area contributed by atoms with E-state index >= 15 is 0 Å². The van der Waals surface area contributed by atoms with Crippen LogP contribution in [0.4, 0.5) is 0 Å². The maximum absolute atomic E-state index is 11.3. The molecule has 0 spiro atoms. The monoisotopic (exact) mass is 540 g/mol. The average molecular weight is 541 g/mol. The Morgan fingerprint density at radius 1 is 1.30 bits per heavy atom. The zero-order valence-electron chi connectivity index (χ0n) is 10.4. The maximum atomic E-state index is 11.3. The fourth-order valence-electron chi connectivity index (χ4n) is 2.50. The molecule has 0 saturated heterocycles. The fourth-order valence-corrected chi connectivity index (χ4v) is 5.16. The van der Waals surface area contributed by atoms with E-state index in [1.807, 2.05) is 24.3 Å². The van der Waals surface area contributed by atoms with Gasteiger partial charge in [0.05, 0.1) is 0 Å². The number of benzene rings is 2. The summed E-state index contributed by atoms with van der Waals surface area (Å²) in [4.78, 5) is 11.3. The van der Waals surface area contributed by atoms with Crippen molar-refractivity contribution < 1.29 is 4.79 Å². The number of halogens is 2. The van der Waals surface area contributed by atoms with Gasteiger partial charge in [-0.05, 0) is 0 Å². The van der Waals surface area contributed by atoms with Gasteiger partial charge in [-0.25, -0.2) is 0 Å². The Labute approximate surface area is 145 Å². The number of nitrogens with two attached hydrogens (primary N) is 1.